The second-order valence-electron chi connectivity index (χ2n) is 4.08. The van der Waals surface area contributed by atoms with E-state index in [2.05, 4.69) is 0 Å². The first-order valence-electron chi connectivity index (χ1n) is 5.58. The van der Waals surface area contributed by atoms with Crippen LogP contribution in [-0.4, -0.2) is 29.5 Å². The number of rotatable bonds is 5. The molecule has 1 aliphatic heterocycles. The van der Waals surface area contributed by atoms with Gasteiger partial charge in [0.15, 0.2) is 0 Å². The molecule has 4 nitrogen and oxygen atoms in total. The molecule has 2 rings (SSSR count). The smallest absolute Gasteiger partial charge is 0.238 e. The lowest BCUT2D eigenvalue weighted by atomic mass is 10.1. The summed E-state index contributed by atoms with van der Waals surface area (Å²) in [4.78, 5) is 33.8. The molecule has 0 spiro atoms. The molecule has 1 saturated heterocycles. The number of carbonyl (C=O) groups is 3. The van der Waals surface area contributed by atoms with Crippen molar-refractivity contribution in [2.24, 2.45) is 0 Å². The zero-order valence-corrected chi connectivity index (χ0v) is 9.39. The normalized spacial score (nSPS) is 14.7. The van der Waals surface area contributed by atoms with E-state index in [0.717, 1.165) is 24.7 Å². The highest BCUT2D eigenvalue weighted by Crippen LogP contribution is 2.13. The maximum Gasteiger partial charge on any atom is 0.238 e. The van der Waals surface area contributed by atoms with Gasteiger partial charge in [0.2, 0.25) is 11.8 Å². The van der Waals surface area contributed by atoms with Crippen molar-refractivity contribution in [2.75, 3.05) is 6.54 Å². The molecule has 0 N–H and O–H groups in total. The Hall–Kier alpha value is -1.97. The molecule has 0 aromatic heterocycles. The van der Waals surface area contributed by atoms with Crippen molar-refractivity contribution >= 4 is 18.1 Å². The first-order chi connectivity index (χ1) is 8.20. The number of aryl methyl sites for hydroxylation is 1. The fourth-order valence-electron chi connectivity index (χ4n) is 1.82. The number of imide groups is 1. The highest BCUT2D eigenvalue weighted by molar-refractivity contribution is 6.14. The maximum absolute atomic E-state index is 11.0. The molecule has 1 fully saturated rings. The van der Waals surface area contributed by atoms with Crippen molar-refractivity contribution in [3.63, 3.8) is 0 Å². The number of hydrogen-bond donors (Lipinski definition) is 0. The molecule has 0 bridgehead atoms. The van der Waals surface area contributed by atoms with Crippen molar-refractivity contribution in [3.8, 4) is 0 Å². The third-order valence-corrected chi connectivity index (χ3v) is 2.87. The van der Waals surface area contributed by atoms with Gasteiger partial charge in [0.05, 0.1) is 0 Å². The van der Waals surface area contributed by atoms with Crippen molar-refractivity contribution in [1.82, 2.24) is 4.90 Å². The largest absolute Gasteiger partial charge is 0.298 e. The number of aldehydes is 1. The third kappa shape index (κ3) is 2.58. The van der Waals surface area contributed by atoms with Crippen LogP contribution in [0.15, 0.2) is 24.3 Å². The van der Waals surface area contributed by atoms with Crippen LogP contribution in [0.1, 0.15) is 28.8 Å². The maximum atomic E-state index is 11.0. The Labute approximate surface area is 99.2 Å². The van der Waals surface area contributed by atoms with Crippen molar-refractivity contribution in [1.29, 1.82) is 0 Å². The summed E-state index contributed by atoms with van der Waals surface area (Å²) in [5, 5.41) is 0. The average molecular weight is 231 g/mol. The first-order valence-corrected chi connectivity index (χ1v) is 5.58. The summed E-state index contributed by atoms with van der Waals surface area (Å²) in [7, 11) is 0. The van der Waals surface area contributed by atoms with Crippen LogP contribution in [0, 0.1) is 0 Å². The van der Waals surface area contributed by atoms with Gasteiger partial charge in [0, 0.05) is 12.1 Å². The quantitative estimate of drug-likeness (QED) is 0.434. The Morgan fingerprint density at radius 1 is 1.12 bits per heavy atom. The van der Waals surface area contributed by atoms with E-state index < -0.39 is 0 Å². The monoisotopic (exact) mass is 231 g/mol. The van der Waals surface area contributed by atoms with Crippen LogP contribution in [0.3, 0.4) is 0 Å². The van der Waals surface area contributed by atoms with Gasteiger partial charge >= 0.3 is 0 Å². The van der Waals surface area contributed by atoms with E-state index in [0.29, 0.717) is 12.1 Å². The van der Waals surface area contributed by atoms with Gasteiger partial charge in [-0.1, -0.05) is 24.3 Å². The van der Waals surface area contributed by atoms with Crippen molar-refractivity contribution in [3.05, 3.63) is 35.4 Å². The standard InChI is InChI=1S/C13H13NO3/c15-9-11-5-3-10(4-6-11)2-1-7-14-12(16)8-13(14)17/h3-6,9H,1-2,7-8H2. The van der Waals surface area contributed by atoms with Crippen LogP contribution in [-0.2, 0) is 16.0 Å². The predicted molar refractivity (Wildman–Crippen MR) is 61.5 cm³/mol. The molecule has 17 heavy (non-hydrogen) atoms. The van der Waals surface area contributed by atoms with Gasteiger partial charge in [-0.25, -0.2) is 0 Å². The SMILES string of the molecule is O=Cc1ccc(CCCN2C(=O)CC2=O)cc1. The summed E-state index contributed by atoms with van der Waals surface area (Å²) < 4.78 is 0. The molecule has 0 atom stereocenters. The number of likely N-dealkylation sites (tertiary alicyclic amines) is 1. The van der Waals surface area contributed by atoms with Gasteiger partial charge in [-0.15, -0.1) is 0 Å². The molecule has 0 saturated carbocycles. The number of amides is 2. The summed E-state index contributed by atoms with van der Waals surface area (Å²) in [5.41, 5.74) is 1.76. The van der Waals surface area contributed by atoms with Crippen LogP contribution in [0.4, 0.5) is 0 Å². The lowest BCUT2D eigenvalue weighted by Crippen LogP contribution is -2.49. The molecule has 0 unspecified atom stereocenters. The Bertz CT molecular complexity index is 436. The summed E-state index contributed by atoms with van der Waals surface area (Å²) in [6, 6.07) is 7.32. The second-order valence-corrected chi connectivity index (χ2v) is 4.08. The molecule has 0 aliphatic carbocycles. The number of carbonyl (C=O) groups excluding carboxylic acids is 3. The lowest BCUT2D eigenvalue weighted by molar-refractivity contribution is -0.157. The molecule has 88 valence electrons. The molecule has 1 aromatic carbocycles. The van der Waals surface area contributed by atoms with E-state index in [9.17, 15) is 14.4 Å². The van der Waals surface area contributed by atoms with Crippen molar-refractivity contribution < 1.29 is 14.4 Å². The van der Waals surface area contributed by atoms with E-state index >= 15 is 0 Å². The molecule has 4 heteroatoms. The second kappa shape index (κ2) is 4.91. The van der Waals surface area contributed by atoms with E-state index in [1.807, 2.05) is 12.1 Å². The Balaban J connectivity index is 1.79. The number of hydrogen-bond acceptors (Lipinski definition) is 3. The third-order valence-electron chi connectivity index (χ3n) is 2.87. The lowest BCUT2D eigenvalue weighted by Gasteiger charge is -2.28. The highest BCUT2D eigenvalue weighted by atomic mass is 16.2. The Morgan fingerprint density at radius 2 is 1.76 bits per heavy atom. The minimum atomic E-state index is -0.0775. The topological polar surface area (TPSA) is 54.5 Å². The fraction of sp³-hybridized carbons (Fsp3) is 0.308. The van der Waals surface area contributed by atoms with Crippen LogP contribution in [0.25, 0.3) is 0 Å². The van der Waals surface area contributed by atoms with Gasteiger partial charge in [0.1, 0.15) is 12.7 Å². The van der Waals surface area contributed by atoms with Crippen LogP contribution >= 0.6 is 0 Å². The summed E-state index contributed by atoms with van der Waals surface area (Å²) in [5.74, 6) is -0.155. The minimum absolute atomic E-state index is 0.0635. The zero-order chi connectivity index (χ0) is 12.3. The summed E-state index contributed by atoms with van der Waals surface area (Å²) >= 11 is 0. The highest BCUT2D eigenvalue weighted by Gasteiger charge is 2.33. The molecule has 2 amide bonds. The fourth-order valence-corrected chi connectivity index (χ4v) is 1.82. The molecular formula is C13H13NO3. The van der Waals surface area contributed by atoms with Crippen LogP contribution < -0.4 is 0 Å². The van der Waals surface area contributed by atoms with Crippen LogP contribution in [0.2, 0.25) is 0 Å². The van der Waals surface area contributed by atoms with E-state index in [1.165, 1.54) is 4.90 Å². The van der Waals surface area contributed by atoms with Gasteiger partial charge < -0.3 is 0 Å². The molecule has 1 aromatic rings. The summed E-state index contributed by atoms with van der Waals surface area (Å²) in [6.45, 7) is 0.493. The molecule has 1 aliphatic rings. The predicted octanol–water partition coefficient (Wildman–Crippen LogP) is 1.19. The van der Waals surface area contributed by atoms with E-state index in [4.69, 9.17) is 0 Å². The van der Waals surface area contributed by atoms with Gasteiger partial charge in [0.25, 0.3) is 0 Å². The van der Waals surface area contributed by atoms with E-state index in [-0.39, 0.29) is 18.2 Å². The van der Waals surface area contributed by atoms with Crippen LogP contribution in [0.5, 0.6) is 0 Å². The average Bonchev–Trinajstić information content (AvgIpc) is 2.35. The van der Waals surface area contributed by atoms with Crippen molar-refractivity contribution in [2.45, 2.75) is 19.3 Å². The number of benzene rings is 1. The number of β-lactam (4-membered cyclic amide) rings is 2. The molecule has 1 heterocycles. The van der Waals surface area contributed by atoms with Gasteiger partial charge in [-0.2, -0.15) is 0 Å². The Kier molecular flexibility index (Phi) is 3.32. The Morgan fingerprint density at radius 3 is 2.29 bits per heavy atom. The van der Waals surface area contributed by atoms with Gasteiger partial charge in [-0.05, 0) is 18.4 Å². The molecular weight excluding hydrogens is 218 g/mol. The summed E-state index contributed by atoms with van der Waals surface area (Å²) in [6.07, 6.45) is 2.43. The first kappa shape index (κ1) is 11.5. The van der Waals surface area contributed by atoms with E-state index in [1.54, 1.807) is 12.1 Å². The minimum Gasteiger partial charge on any atom is -0.298 e. The molecule has 0 radical (unpaired) electrons. The zero-order valence-electron chi connectivity index (χ0n) is 9.39. The van der Waals surface area contributed by atoms with Gasteiger partial charge in [-0.3, -0.25) is 19.3 Å². The number of nitrogens with zero attached hydrogens (tertiary/aromatic N) is 1.